The summed E-state index contributed by atoms with van der Waals surface area (Å²) in [7, 11) is 0. The minimum absolute atomic E-state index is 0.297. The van der Waals surface area contributed by atoms with E-state index in [-0.39, 0.29) is 5.91 Å². The first-order chi connectivity index (χ1) is 15.8. The van der Waals surface area contributed by atoms with Crippen molar-refractivity contribution in [1.82, 2.24) is 0 Å². The van der Waals surface area contributed by atoms with Gasteiger partial charge in [-0.25, -0.2) is 4.79 Å². The van der Waals surface area contributed by atoms with Crippen molar-refractivity contribution in [3.05, 3.63) is 101 Å². The first kappa shape index (κ1) is 22.1. The molecule has 1 amide bonds. The number of fused-ring (bicyclic) bond motifs is 1. The number of rotatable bonds is 5. The topological polar surface area (TPSA) is 68.5 Å². The minimum Gasteiger partial charge on any atom is -0.464 e. The second-order valence-corrected chi connectivity index (χ2v) is 8.68. The van der Waals surface area contributed by atoms with E-state index in [1.165, 1.54) is 0 Å². The highest BCUT2D eigenvalue weighted by Crippen LogP contribution is 2.24. The quantitative estimate of drug-likeness (QED) is 0.274. The van der Waals surface area contributed by atoms with Crippen molar-refractivity contribution in [2.24, 2.45) is 0 Å². The molecule has 4 rings (SSSR count). The number of anilines is 1. The van der Waals surface area contributed by atoms with Crippen LogP contribution < -0.4 is 5.32 Å². The molecule has 1 aromatic heterocycles. The maximum Gasteiger partial charge on any atom is 0.340 e. The second-order valence-electron chi connectivity index (χ2n) is 8.68. The van der Waals surface area contributed by atoms with Gasteiger partial charge in [0.1, 0.15) is 11.2 Å². The Labute approximate surface area is 192 Å². The molecule has 1 N–H and O–H groups in total. The highest BCUT2D eigenvalue weighted by Gasteiger charge is 2.21. The number of hydrogen-bond acceptors (Lipinski definition) is 4. The van der Waals surface area contributed by atoms with E-state index in [1.54, 1.807) is 63.4 Å². The molecule has 0 radical (unpaired) electrons. The van der Waals surface area contributed by atoms with Crippen molar-refractivity contribution in [3.63, 3.8) is 0 Å². The van der Waals surface area contributed by atoms with Gasteiger partial charge in [0.05, 0.1) is 17.5 Å². The van der Waals surface area contributed by atoms with Crippen molar-refractivity contribution in [2.75, 3.05) is 5.32 Å². The lowest BCUT2D eigenvalue weighted by Crippen LogP contribution is -2.25. The van der Waals surface area contributed by atoms with Crippen LogP contribution in [0.25, 0.3) is 23.1 Å². The standard InChI is InChI=1S/C28H25NO4/c1-28(2,3)33-27(31)23-13-11-20(10-9-19-12-14-25-22(17-19)15-16-32-25)18-24(23)29-26(30)21-7-5-4-6-8-21/h4-18H,1-3H3,(H,29,30)/b10-9+. The highest BCUT2D eigenvalue weighted by molar-refractivity contribution is 6.08. The molecule has 4 aromatic rings. The van der Waals surface area contributed by atoms with Crippen LogP contribution in [0.1, 0.15) is 52.6 Å². The van der Waals surface area contributed by atoms with Gasteiger partial charge in [-0.15, -0.1) is 0 Å². The number of amides is 1. The molecule has 5 nitrogen and oxygen atoms in total. The zero-order valence-corrected chi connectivity index (χ0v) is 18.8. The summed E-state index contributed by atoms with van der Waals surface area (Å²) in [5.74, 6) is -0.793. The third kappa shape index (κ3) is 5.57. The van der Waals surface area contributed by atoms with Crippen molar-refractivity contribution in [2.45, 2.75) is 26.4 Å². The summed E-state index contributed by atoms with van der Waals surface area (Å²) in [5.41, 5.74) is 3.22. The summed E-state index contributed by atoms with van der Waals surface area (Å²) >= 11 is 0. The normalized spacial score (nSPS) is 11.6. The van der Waals surface area contributed by atoms with Crippen LogP contribution in [-0.4, -0.2) is 17.5 Å². The third-order valence-electron chi connectivity index (χ3n) is 4.89. The molecule has 0 atom stereocenters. The van der Waals surface area contributed by atoms with Crippen molar-refractivity contribution in [3.8, 4) is 0 Å². The van der Waals surface area contributed by atoms with Gasteiger partial charge < -0.3 is 14.5 Å². The number of esters is 1. The first-order valence-corrected chi connectivity index (χ1v) is 10.7. The first-order valence-electron chi connectivity index (χ1n) is 10.7. The Morgan fingerprint density at radius 2 is 1.58 bits per heavy atom. The zero-order valence-electron chi connectivity index (χ0n) is 18.8. The van der Waals surface area contributed by atoms with E-state index in [1.807, 2.05) is 48.6 Å². The van der Waals surface area contributed by atoms with E-state index in [0.717, 1.165) is 22.1 Å². The van der Waals surface area contributed by atoms with Crippen LogP contribution in [0, 0.1) is 0 Å². The third-order valence-corrected chi connectivity index (χ3v) is 4.89. The maximum atomic E-state index is 12.8. The number of carbonyl (C=O) groups is 2. The Balaban J connectivity index is 1.64. The highest BCUT2D eigenvalue weighted by atomic mass is 16.6. The van der Waals surface area contributed by atoms with Crippen molar-refractivity contribution < 1.29 is 18.7 Å². The number of carbonyl (C=O) groups excluding carboxylic acids is 2. The van der Waals surface area contributed by atoms with E-state index in [2.05, 4.69) is 5.32 Å². The van der Waals surface area contributed by atoms with Crippen LogP contribution >= 0.6 is 0 Å². The van der Waals surface area contributed by atoms with Crippen LogP contribution in [-0.2, 0) is 4.74 Å². The molecule has 0 spiro atoms. The van der Waals surface area contributed by atoms with Gasteiger partial charge in [0.25, 0.3) is 5.91 Å². The fourth-order valence-corrected chi connectivity index (χ4v) is 3.35. The average molecular weight is 440 g/mol. The molecule has 5 heteroatoms. The Morgan fingerprint density at radius 3 is 2.30 bits per heavy atom. The van der Waals surface area contributed by atoms with E-state index in [0.29, 0.717) is 16.8 Å². The molecule has 33 heavy (non-hydrogen) atoms. The Morgan fingerprint density at radius 1 is 0.879 bits per heavy atom. The van der Waals surface area contributed by atoms with Crippen molar-refractivity contribution >= 4 is 40.7 Å². The molecule has 0 aliphatic rings. The molecular formula is C28H25NO4. The summed E-state index contributed by atoms with van der Waals surface area (Å²) in [4.78, 5) is 25.6. The largest absolute Gasteiger partial charge is 0.464 e. The molecule has 0 fully saturated rings. The predicted octanol–water partition coefficient (Wildman–Crippen LogP) is 6.81. The predicted molar refractivity (Wildman–Crippen MR) is 131 cm³/mol. The molecular weight excluding hydrogens is 414 g/mol. The maximum absolute atomic E-state index is 12.8. The molecule has 3 aromatic carbocycles. The molecule has 166 valence electrons. The molecule has 0 bridgehead atoms. The molecule has 0 aliphatic heterocycles. The lowest BCUT2D eigenvalue weighted by molar-refractivity contribution is 0.00707. The Bertz CT molecular complexity index is 1330. The van der Waals surface area contributed by atoms with Gasteiger partial charge in [-0.2, -0.15) is 0 Å². The number of nitrogens with one attached hydrogen (secondary N) is 1. The van der Waals surface area contributed by atoms with E-state index in [4.69, 9.17) is 9.15 Å². The van der Waals surface area contributed by atoms with Crippen LogP contribution in [0.2, 0.25) is 0 Å². The van der Waals surface area contributed by atoms with Gasteiger partial charge in [-0.1, -0.05) is 42.5 Å². The number of ether oxygens (including phenoxy) is 1. The van der Waals surface area contributed by atoms with Gasteiger partial charge in [-0.05, 0) is 74.4 Å². The number of furan rings is 1. The lowest BCUT2D eigenvalue weighted by Gasteiger charge is -2.21. The molecule has 0 aliphatic carbocycles. The zero-order chi connectivity index (χ0) is 23.4. The summed E-state index contributed by atoms with van der Waals surface area (Å²) < 4.78 is 10.9. The van der Waals surface area contributed by atoms with Crippen molar-refractivity contribution in [1.29, 1.82) is 0 Å². The fraction of sp³-hybridized carbons (Fsp3) is 0.143. The van der Waals surface area contributed by atoms with Gasteiger partial charge >= 0.3 is 5.97 Å². The van der Waals surface area contributed by atoms with E-state index < -0.39 is 11.6 Å². The van der Waals surface area contributed by atoms with Gasteiger partial charge in [0, 0.05) is 10.9 Å². The molecule has 0 unspecified atom stereocenters. The van der Waals surface area contributed by atoms with E-state index >= 15 is 0 Å². The number of benzene rings is 3. The second kappa shape index (κ2) is 9.17. The van der Waals surface area contributed by atoms with Gasteiger partial charge in [-0.3, -0.25) is 4.79 Å². The molecule has 1 heterocycles. The lowest BCUT2D eigenvalue weighted by atomic mass is 10.1. The van der Waals surface area contributed by atoms with Crippen LogP contribution in [0.3, 0.4) is 0 Å². The van der Waals surface area contributed by atoms with Crippen LogP contribution in [0.4, 0.5) is 5.69 Å². The Hall–Kier alpha value is -4.12. The summed E-state index contributed by atoms with van der Waals surface area (Å²) in [5, 5.41) is 3.89. The summed E-state index contributed by atoms with van der Waals surface area (Å²) in [6.45, 7) is 5.42. The van der Waals surface area contributed by atoms with Crippen LogP contribution in [0.5, 0.6) is 0 Å². The smallest absolute Gasteiger partial charge is 0.340 e. The Kier molecular flexibility index (Phi) is 6.13. The average Bonchev–Trinajstić information content (AvgIpc) is 3.25. The fourth-order valence-electron chi connectivity index (χ4n) is 3.35. The molecule has 0 saturated carbocycles. The summed E-state index contributed by atoms with van der Waals surface area (Å²) in [6.07, 6.45) is 5.56. The van der Waals surface area contributed by atoms with Gasteiger partial charge in [0.2, 0.25) is 0 Å². The van der Waals surface area contributed by atoms with Gasteiger partial charge in [0.15, 0.2) is 0 Å². The summed E-state index contributed by atoms with van der Waals surface area (Å²) in [6, 6.07) is 22.0. The number of hydrogen-bond donors (Lipinski definition) is 1. The molecule has 0 saturated heterocycles. The monoisotopic (exact) mass is 439 g/mol. The SMILES string of the molecule is CC(C)(C)OC(=O)c1ccc(/C=C/c2ccc3occc3c2)cc1NC(=O)c1ccccc1. The van der Waals surface area contributed by atoms with Crippen LogP contribution in [0.15, 0.2) is 83.5 Å². The minimum atomic E-state index is -0.651. The van der Waals surface area contributed by atoms with E-state index in [9.17, 15) is 9.59 Å².